The molecule has 0 atom stereocenters. The second-order valence-electron chi connectivity index (χ2n) is 8.29. The molecule has 0 saturated carbocycles. The molecule has 0 saturated heterocycles. The lowest BCUT2D eigenvalue weighted by molar-refractivity contribution is -0.671. The lowest BCUT2D eigenvalue weighted by Gasteiger charge is -2.23. The molecular formula is C26H29BrClIN4. The third-order valence-electron chi connectivity index (χ3n) is 6.60. The molecule has 2 aliphatic heterocycles. The van der Waals surface area contributed by atoms with E-state index >= 15 is 0 Å². The Morgan fingerprint density at radius 2 is 1.76 bits per heavy atom. The molecule has 1 aromatic heterocycles. The van der Waals surface area contributed by atoms with Gasteiger partial charge in [0.05, 0.1) is 24.5 Å². The van der Waals surface area contributed by atoms with Crippen LogP contribution in [-0.2, 0) is 13.1 Å². The van der Waals surface area contributed by atoms with Crippen LogP contribution in [0.2, 0.25) is 5.02 Å². The van der Waals surface area contributed by atoms with Crippen molar-refractivity contribution in [3.8, 4) is 0 Å². The van der Waals surface area contributed by atoms with Gasteiger partial charge in [0.2, 0.25) is 0 Å². The maximum Gasteiger partial charge on any atom is 0.285 e. The summed E-state index contributed by atoms with van der Waals surface area (Å²) in [7, 11) is 0. The van der Waals surface area contributed by atoms with Crippen molar-refractivity contribution in [2.75, 3.05) is 22.9 Å². The lowest BCUT2D eigenvalue weighted by atomic mass is 10.0. The summed E-state index contributed by atoms with van der Waals surface area (Å²) in [6.45, 7) is 10.5. The number of anilines is 2. The summed E-state index contributed by atoms with van der Waals surface area (Å²) in [6.07, 6.45) is 6.91. The van der Waals surface area contributed by atoms with Crippen LogP contribution in [0.25, 0.3) is 16.6 Å². The predicted octanol–water partition coefficient (Wildman–Crippen LogP) is 3.75. The van der Waals surface area contributed by atoms with Crippen molar-refractivity contribution in [2.24, 2.45) is 0 Å². The fourth-order valence-electron chi connectivity index (χ4n) is 5.26. The van der Waals surface area contributed by atoms with Gasteiger partial charge in [0.15, 0.2) is 11.0 Å². The first-order valence-corrected chi connectivity index (χ1v) is 12.7. The first kappa shape index (κ1) is 24.6. The fraction of sp³-hybridized carbons (Fsp3) is 0.346. The Kier molecular flexibility index (Phi) is 7.46. The van der Waals surface area contributed by atoms with Crippen molar-refractivity contribution in [3.63, 3.8) is 0 Å². The molecule has 0 bridgehead atoms. The van der Waals surface area contributed by atoms with Crippen LogP contribution in [0.5, 0.6) is 0 Å². The minimum Gasteiger partial charge on any atom is -1.00 e. The molecule has 33 heavy (non-hydrogen) atoms. The standard InChI is InChI=1S/C26H29BrClN4.HI/c1-4-29-21-13-11-20(28)17-24(21)30(5-2)25(29)14-9-18-8-7-15-32-22-12-10-19(27)16-23(22)31(6-3)26(18)32;/h9-14,16-17H,4-8,15H2,1-3H3;1H/q+1;/p-1. The van der Waals surface area contributed by atoms with Crippen molar-refractivity contribution in [3.05, 3.63) is 69.7 Å². The van der Waals surface area contributed by atoms with Gasteiger partial charge in [-0.05, 0) is 76.1 Å². The van der Waals surface area contributed by atoms with Crippen molar-refractivity contribution >= 4 is 55.5 Å². The predicted molar refractivity (Wildman–Crippen MR) is 138 cm³/mol. The zero-order chi connectivity index (χ0) is 22.4. The molecule has 3 heterocycles. The van der Waals surface area contributed by atoms with Crippen LogP contribution < -0.4 is 38.3 Å². The van der Waals surface area contributed by atoms with Crippen LogP contribution in [0.15, 0.2) is 58.8 Å². The number of aryl methyl sites for hydroxylation is 2. The smallest absolute Gasteiger partial charge is 0.285 e. The third kappa shape index (κ3) is 4.12. The summed E-state index contributed by atoms with van der Waals surface area (Å²) in [5, 5.41) is 0.782. The van der Waals surface area contributed by atoms with Crippen molar-refractivity contribution in [1.29, 1.82) is 0 Å². The molecular weight excluding hydrogens is 611 g/mol. The van der Waals surface area contributed by atoms with Crippen LogP contribution in [0.3, 0.4) is 0 Å². The maximum atomic E-state index is 6.34. The molecule has 0 aliphatic carbocycles. The van der Waals surface area contributed by atoms with Crippen molar-refractivity contribution < 1.29 is 28.5 Å². The highest BCUT2D eigenvalue weighted by atomic mass is 127. The van der Waals surface area contributed by atoms with Gasteiger partial charge in [0, 0.05) is 34.2 Å². The minimum absolute atomic E-state index is 0. The summed E-state index contributed by atoms with van der Waals surface area (Å²) in [4.78, 5) is 4.75. The number of fused-ring (bicyclic) bond motifs is 4. The molecule has 0 spiro atoms. The molecule has 7 heteroatoms. The zero-order valence-electron chi connectivity index (χ0n) is 19.3. The highest BCUT2D eigenvalue weighted by Crippen LogP contribution is 2.43. The SMILES string of the molecule is CCN1C(=CC=C2CCCn3c2[n+](CC)c2cc(Br)ccc23)N(CC)c2cc(Cl)ccc21.[I-]. The van der Waals surface area contributed by atoms with Crippen LogP contribution in [0, 0.1) is 0 Å². The Hall–Kier alpha value is -1.51. The van der Waals surface area contributed by atoms with Gasteiger partial charge in [-0.3, -0.25) is 0 Å². The second kappa shape index (κ2) is 10.0. The monoisotopic (exact) mass is 638 g/mol. The largest absolute Gasteiger partial charge is 1.00 e. The maximum absolute atomic E-state index is 6.34. The highest BCUT2D eigenvalue weighted by Gasteiger charge is 2.32. The highest BCUT2D eigenvalue weighted by molar-refractivity contribution is 9.10. The lowest BCUT2D eigenvalue weighted by Crippen LogP contribution is -3.00. The van der Waals surface area contributed by atoms with Gasteiger partial charge in [-0.25, -0.2) is 9.13 Å². The molecule has 0 amide bonds. The minimum atomic E-state index is 0. The quantitative estimate of drug-likeness (QED) is 0.320. The number of hydrogen-bond acceptors (Lipinski definition) is 2. The van der Waals surface area contributed by atoms with E-state index in [0.29, 0.717) is 0 Å². The first-order chi connectivity index (χ1) is 15.6. The molecule has 4 nitrogen and oxygen atoms in total. The summed E-state index contributed by atoms with van der Waals surface area (Å²) < 4.78 is 6.08. The molecule has 2 aromatic carbocycles. The van der Waals surface area contributed by atoms with Gasteiger partial charge < -0.3 is 33.8 Å². The van der Waals surface area contributed by atoms with Gasteiger partial charge in [-0.15, -0.1) is 0 Å². The van der Waals surface area contributed by atoms with Gasteiger partial charge >= 0.3 is 0 Å². The summed E-state index contributed by atoms with van der Waals surface area (Å²) in [5.74, 6) is 2.56. The molecule has 174 valence electrons. The van der Waals surface area contributed by atoms with Crippen LogP contribution in [0.1, 0.15) is 39.4 Å². The number of rotatable bonds is 4. The Bertz CT molecular complexity index is 1260. The fourth-order valence-corrected chi connectivity index (χ4v) is 5.77. The van der Waals surface area contributed by atoms with Gasteiger partial charge in [0.1, 0.15) is 5.82 Å². The van der Waals surface area contributed by atoms with E-state index in [0.717, 1.165) is 48.5 Å². The van der Waals surface area contributed by atoms with Crippen LogP contribution in [-0.4, -0.2) is 17.7 Å². The van der Waals surface area contributed by atoms with E-state index in [1.807, 2.05) is 6.07 Å². The van der Waals surface area contributed by atoms with Gasteiger partial charge in [-0.2, -0.15) is 0 Å². The normalized spacial score (nSPS) is 17.6. The number of halogens is 3. The Morgan fingerprint density at radius 3 is 2.48 bits per heavy atom. The second-order valence-corrected chi connectivity index (χ2v) is 9.65. The number of hydrogen-bond donors (Lipinski definition) is 0. The first-order valence-electron chi connectivity index (χ1n) is 11.5. The molecule has 0 unspecified atom stereocenters. The van der Waals surface area contributed by atoms with E-state index in [1.54, 1.807) is 0 Å². The number of nitrogens with zero attached hydrogens (tertiary/aromatic N) is 4. The zero-order valence-corrected chi connectivity index (χ0v) is 23.8. The van der Waals surface area contributed by atoms with Crippen molar-refractivity contribution in [2.45, 2.75) is 46.7 Å². The van der Waals surface area contributed by atoms with Crippen LogP contribution in [0.4, 0.5) is 11.4 Å². The average molecular weight is 640 g/mol. The van der Waals surface area contributed by atoms with E-state index in [1.165, 1.54) is 39.6 Å². The summed E-state index contributed by atoms with van der Waals surface area (Å²) in [6, 6.07) is 12.8. The van der Waals surface area contributed by atoms with E-state index in [2.05, 4.69) is 98.1 Å². The average Bonchev–Trinajstić information content (AvgIpc) is 3.28. The van der Waals surface area contributed by atoms with Crippen LogP contribution >= 0.6 is 27.5 Å². The number of imidazole rings is 1. The van der Waals surface area contributed by atoms with E-state index in [9.17, 15) is 0 Å². The third-order valence-corrected chi connectivity index (χ3v) is 7.33. The molecule has 2 aliphatic rings. The topological polar surface area (TPSA) is 15.3 Å². The summed E-state index contributed by atoms with van der Waals surface area (Å²) >= 11 is 10.00. The van der Waals surface area contributed by atoms with E-state index < -0.39 is 0 Å². The molecule has 3 aromatic rings. The van der Waals surface area contributed by atoms with E-state index in [4.69, 9.17) is 11.6 Å². The van der Waals surface area contributed by atoms with Gasteiger partial charge in [-0.1, -0.05) is 27.5 Å². The molecule has 0 N–H and O–H groups in total. The Balaban J connectivity index is 0.00000259. The molecule has 0 radical (unpaired) electrons. The van der Waals surface area contributed by atoms with Gasteiger partial charge in [0.25, 0.3) is 5.82 Å². The number of allylic oxidation sites excluding steroid dienone is 3. The van der Waals surface area contributed by atoms with E-state index in [-0.39, 0.29) is 24.0 Å². The molecule has 0 fully saturated rings. The Labute approximate surface area is 226 Å². The number of benzene rings is 2. The summed E-state index contributed by atoms with van der Waals surface area (Å²) in [5.41, 5.74) is 6.44. The van der Waals surface area contributed by atoms with Crippen molar-refractivity contribution in [1.82, 2.24) is 4.57 Å². The number of aromatic nitrogens is 2. The molecule has 5 rings (SSSR count). The Morgan fingerprint density at radius 1 is 1.00 bits per heavy atom.